The molecule has 0 aliphatic heterocycles. The number of thioether (sulfide) groups is 1. The van der Waals surface area contributed by atoms with Gasteiger partial charge in [-0.25, -0.2) is 9.59 Å². The van der Waals surface area contributed by atoms with E-state index >= 15 is 0 Å². The number of urea groups is 1. The molecule has 0 radical (unpaired) electrons. The van der Waals surface area contributed by atoms with E-state index in [0.717, 1.165) is 19.5 Å². The highest BCUT2D eigenvalue weighted by atomic mass is 32.2. The Morgan fingerprint density at radius 2 is 2.06 bits per heavy atom. The van der Waals surface area contributed by atoms with Crippen LogP contribution in [0.4, 0.5) is 4.79 Å². The molecule has 6 nitrogen and oxygen atoms in total. The molecule has 1 atom stereocenters. The van der Waals surface area contributed by atoms with Crippen LogP contribution in [0.15, 0.2) is 0 Å². The van der Waals surface area contributed by atoms with Crippen LogP contribution in [0.1, 0.15) is 19.8 Å². The van der Waals surface area contributed by atoms with Crippen LogP contribution >= 0.6 is 11.8 Å². The Bertz CT molecular complexity index is 252. The van der Waals surface area contributed by atoms with Gasteiger partial charge in [0.2, 0.25) is 0 Å². The Kier molecular flexibility index (Phi) is 10.6. The highest BCUT2D eigenvalue weighted by Gasteiger charge is 2.18. The van der Waals surface area contributed by atoms with Crippen LogP contribution in [0.2, 0.25) is 0 Å². The Morgan fingerprint density at radius 1 is 1.33 bits per heavy atom. The van der Waals surface area contributed by atoms with Crippen molar-refractivity contribution < 1.29 is 14.7 Å². The Labute approximate surface area is 112 Å². The molecule has 106 valence electrons. The topological polar surface area (TPSA) is 90.5 Å². The molecule has 7 heteroatoms. The van der Waals surface area contributed by atoms with Gasteiger partial charge in [0.1, 0.15) is 6.04 Å². The zero-order chi connectivity index (χ0) is 13.8. The maximum atomic E-state index is 11.4. The molecule has 0 spiro atoms. The van der Waals surface area contributed by atoms with Gasteiger partial charge < -0.3 is 21.1 Å². The predicted octanol–water partition coefficient (Wildman–Crippen LogP) is 0.492. The number of rotatable bonds is 10. The molecule has 0 aliphatic carbocycles. The first kappa shape index (κ1) is 17.1. The monoisotopic (exact) mass is 277 g/mol. The van der Waals surface area contributed by atoms with Crippen LogP contribution in [-0.4, -0.2) is 54.8 Å². The van der Waals surface area contributed by atoms with E-state index in [-0.39, 0.29) is 0 Å². The maximum Gasteiger partial charge on any atom is 0.326 e. The third kappa shape index (κ3) is 9.12. The number of carboxylic acids is 1. The van der Waals surface area contributed by atoms with Crippen LogP contribution in [-0.2, 0) is 4.79 Å². The molecular formula is C11H23N3O3S. The standard InChI is InChI=1S/C11H23N3O3S/c1-3-12-6-4-7-13-11(17)14-9(10(15)16)5-8-18-2/h9,12H,3-8H2,1-2H3,(H,15,16)(H2,13,14,17). The third-order valence-corrected chi connectivity index (χ3v) is 2.92. The molecule has 2 amide bonds. The summed E-state index contributed by atoms with van der Waals surface area (Å²) < 4.78 is 0. The lowest BCUT2D eigenvalue weighted by Crippen LogP contribution is -2.46. The van der Waals surface area contributed by atoms with Crippen molar-refractivity contribution in [1.82, 2.24) is 16.0 Å². The average Bonchev–Trinajstić information content (AvgIpc) is 2.33. The fourth-order valence-electron chi connectivity index (χ4n) is 1.29. The molecule has 0 saturated carbocycles. The highest BCUT2D eigenvalue weighted by molar-refractivity contribution is 7.98. The lowest BCUT2D eigenvalue weighted by molar-refractivity contribution is -0.139. The zero-order valence-corrected chi connectivity index (χ0v) is 11.8. The SMILES string of the molecule is CCNCCCNC(=O)NC(CCSC)C(=O)O. The van der Waals surface area contributed by atoms with Crippen LogP contribution in [0.5, 0.6) is 0 Å². The van der Waals surface area contributed by atoms with Crippen LogP contribution in [0.3, 0.4) is 0 Å². The lowest BCUT2D eigenvalue weighted by Gasteiger charge is -2.14. The number of nitrogens with one attached hydrogen (secondary N) is 3. The van der Waals surface area contributed by atoms with Gasteiger partial charge >= 0.3 is 12.0 Å². The number of carbonyl (C=O) groups is 2. The molecule has 0 aromatic carbocycles. The lowest BCUT2D eigenvalue weighted by atomic mass is 10.2. The molecule has 0 rings (SSSR count). The van der Waals surface area contributed by atoms with Crippen LogP contribution < -0.4 is 16.0 Å². The van der Waals surface area contributed by atoms with Gasteiger partial charge in [-0.1, -0.05) is 6.92 Å². The van der Waals surface area contributed by atoms with Gasteiger partial charge in [-0.2, -0.15) is 11.8 Å². The Hall–Kier alpha value is -0.950. The summed E-state index contributed by atoms with van der Waals surface area (Å²) in [4.78, 5) is 22.3. The number of aliphatic carboxylic acids is 1. The second kappa shape index (κ2) is 11.2. The summed E-state index contributed by atoms with van der Waals surface area (Å²) >= 11 is 1.56. The van der Waals surface area contributed by atoms with Crippen molar-refractivity contribution in [2.75, 3.05) is 31.6 Å². The largest absolute Gasteiger partial charge is 0.480 e. The summed E-state index contributed by atoms with van der Waals surface area (Å²) in [6.07, 6.45) is 3.16. The number of amides is 2. The summed E-state index contributed by atoms with van der Waals surface area (Å²) in [7, 11) is 0. The third-order valence-electron chi connectivity index (χ3n) is 2.28. The maximum absolute atomic E-state index is 11.4. The van der Waals surface area contributed by atoms with Crippen molar-refractivity contribution in [3.05, 3.63) is 0 Å². The van der Waals surface area contributed by atoms with Crippen molar-refractivity contribution in [3.8, 4) is 0 Å². The van der Waals surface area contributed by atoms with E-state index in [0.29, 0.717) is 18.7 Å². The van der Waals surface area contributed by atoms with Gasteiger partial charge in [0.25, 0.3) is 0 Å². The molecule has 18 heavy (non-hydrogen) atoms. The van der Waals surface area contributed by atoms with Gasteiger partial charge in [0.15, 0.2) is 0 Å². The molecule has 1 unspecified atom stereocenters. The summed E-state index contributed by atoms with van der Waals surface area (Å²) in [5.74, 6) is -0.288. The molecule has 4 N–H and O–H groups in total. The van der Waals surface area contributed by atoms with E-state index in [9.17, 15) is 9.59 Å². The predicted molar refractivity (Wildman–Crippen MR) is 74.1 cm³/mol. The van der Waals surface area contributed by atoms with Gasteiger partial charge in [-0.3, -0.25) is 0 Å². The van der Waals surface area contributed by atoms with Crippen molar-refractivity contribution in [2.24, 2.45) is 0 Å². The zero-order valence-electron chi connectivity index (χ0n) is 11.0. The van der Waals surface area contributed by atoms with Crippen LogP contribution in [0, 0.1) is 0 Å². The second-order valence-corrected chi connectivity index (χ2v) is 4.77. The molecule has 0 fully saturated rings. The van der Waals surface area contributed by atoms with Gasteiger partial charge in [-0.15, -0.1) is 0 Å². The quantitative estimate of drug-likeness (QED) is 0.436. The molecule has 0 aliphatic rings. The molecule has 0 saturated heterocycles. The first-order valence-electron chi connectivity index (χ1n) is 6.08. The summed E-state index contributed by atoms with van der Waals surface area (Å²) in [6, 6.07) is -1.23. The summed E-state index contributed by atoms with van der Waals surface area (Å²) in [5, 5.41) is 17.2. The number of carbonyl (C=O) groups excluding carboxylic acids is 1. The molecule has 0 aromatic rings. The number of carboxylic acid groups (broad SMARTS) is 1. The molecule has 0 aromatic heterocycles. The average molecular weight is 277 g/mol. The fourth-order valence-corrected chi connectivity index (χ4v) is 1.77. The van der Waals surface area contributed by atoms with Gasteiger partial charge in [0, 0.05) is 6.54 Å². The van der Waals surface area contributed by atoms with E-state index in [1.807, 2.05) is 13.2 Å². The smallest absolute Gasteiger partial charge is 0.326 e. The van der Waals surface area contributed by atoms with Crippen molar-refractivity contribution in [2.45, 2.75) is 25.8 Å². The first-order valence-corrected chi connectivity index (χ1v) is 7.48. The second-order valence-electron chi connectivity index (χ2n) is 3.78. The van der Waals surface area contributed by atoms with Crippen molar-refractivity contribution in [1.29, 1.82) is 0 Å². The van der Waals surface area contributed by atoms with Crippen molar-refractivity contribution >= 4 is 23.8 Å². The fraction of sp³-hybridized carbons (Fsp3) is 0.818. The molecule has 0 bridgehead atoms. The van der Waals surface area contributed by atoms with E-state index in [2.05, 4.69) is 16.0 Å². The Morgan fingerprint density at radius 3 is 2.61 bits per heavy atom. The minimum Gasteiger partial charge on any atom is -0.480 e. The first-order chi connectivity index (χ1) is 8.61. The summed E-state index contributed by atoms with van der Waals surface area (Å²) in [5.41, 5.74) is 0. The van der Waals surface area contributed by atoms with Gasteiger partial charge in [-0.05, 0) is 37.9 Å². The molecule has 0 heterocycles. The van der Waals surface area contributed by atoms with Gasteiger partial charge in [0.05, 0.1) is 0 Å². The Balaban J connectivity index is 3.77. The summed E-state index contributed by atoms with van der Waals surface area (Å²) in [6.45, 7) is 4.30. The number of hydrogen-bond acceptors (Lipinski definition) is 4. The van der Waals surface area contributed by atoms with E-state index < -0.39 is 18.0 Å². The normalized spacial score (nSPS) is 11.9. The minimum absolute atomic E-state index is 0.417. The highest BCUT2D eigenvalue weighted by Crippen LogP contribution is 2.00. The van der Waals surface area contributed by atoms with E-state index in [1.165, 1.54) is 0 Å². The minimum atomic E-state index is -0.994. The van der Waals surface area contributed by atoms with E-state index in [4.69, 9.17) is 5.11 Å². The van der Waals surface area contributed by atoms with Crippen LogP contribution in [0.25, 0.3) is 0 Å². The molecular weight excluding hydrogens is 254 g/mol. The van der Waals surface area contributed by atoms with Crippen molar-refractivity contribution in [3.63, 3.8) is 0 Å². The van der Waals surface area contributed by atoms with E-state index in [1.54, 1.807) is 11.8 Å². The number of hydrogen-bond donors (Lipinski definition) is 4.